The number of rotatable bonds is 10. The molecule has 138 valence electrons. The Morgan fingerprint density at radius 3 is 2.62 bits per heavy atom. The van der Waals surface area contributed by atoms with Gasteiger partial charge < -0.3 is 20.1 Å². The molecule has 0 saturated heterocycles. The van der Waals surface area contributed by atoms with Gasteiger partial charge in [-0.15, -0.1) is 24.0 Å². The Balaban J connectivity index is 0.00000529. The molecular formula is C18H32IN3O2. The number of methoxy groups -OCH3 is 1. The van der Waals surface area contributed by atoms with Gasteiger partial charge in [-0.3, -0.25) is 0 Å². The molecule has 5 nitrogen and oxygen atoms in total. The fraction of sp³-hybridized carbons (Fsp3) is 0.611. The molecule has 0 amide bonds. The number of para-hydroxylation sites is 1. The van der Waals surface area contributed by atoms with E-state index in [0.717, 1.165) is 50.0 Å². The van der Waals surface area contributed by atoms with Gasteiger partial charge in [-0.2, -0.15) is 0 Å². The molecule has 1 aromatic rings. The molecule has 0 saturated carbocycles. The minimum absolute atomic E-state index is 0. The van der Waals surface area contributed by atoms with E-state index < -0.39 is 0 Å². The summed E-state index contributed by atoms with van der Waals surface area (Å²) in [6, 6.07) is 8.09. The molecule has 0 aliphatic rings. The Morgan fingerprint density at radius 2 is 1.96 bits per heavy atom. The number of hydrogen-bond acceptors (Lipinski definition) is 3. The first-order chi connectivity index (χ1) is 11.2. The van der Waals surface area contributed by atoms with Gasteiger partial charge >= 0.3 is 0 Å². The number of hydrogen-bond donors (Lipinski definition) is 2. The van der Waals surface area contributed by atoms with Crippen LogP contribution in [0, 0.1) is 5.92 Å². The summed E-state index contributed by atoms with van der Waals surface area (Å²) in [7, 11) is 1.72. The van der Waals surface area contributed by atoms with Crippen LogP contribution in [0.25, 0.3) is 0 Å². The summed E-state index contributed by atoms with van der Waals surface area (Å²) in [6.07, 6.45) is 0.953. The average molecular weight is 449 g/mol. The van der Waals surface area contributed by atoms with Crippen LogP contribution in [-0.2, 0) is 11.3 Å². The second kappa shape index (κ2) is 14.3. The summed E-state index contributed by atoms with van der Waals surface area (Å²) in [5, 5.41) is 6.57. The zero-order chi connectivity index (χ0) is 16.9. The van der Waals surface area contributed by atoms with Crippen LogP contribution in [0.4, 0.5) is 0 Å². The summed E-state index contributed by atoms with van der Waals surface area (Å²) in [5.41, 5.74) is 1.10. The van der Waals surface area contributed by atoms with Gasteiger partial charge in [-0.25, -0.2) is 4.99 Å². The lowest BCUT2D eigenvalue weighted by molar-refractivity contribution is 0.195. The van der Waals surface area contributed by atoms with Crippen molar-refractivity contribution in [3.05, 3.63) is 29.8 Å². The van der Waals surface area contributed by atoms with E-state index in [0.29, 0.717) is 12.5 Å². The maximum absolute atomic E-state index is 5.88. The van der Waals surface area contributed by atoms with Gasteiger partial charge in [0.1, 0.15) is 5.75 Å². The van der Waals surface area contributed by atoms with Crippen LogP contribution in [-0.4, -0.2) is 39.4 Å². The highest BCUT2D eigenvalue weighted by Crippen LogP contribution is 2.19. The lowest BCUT2D eigenvalue weighted by Crippen LogP contribution is -2.38. The van der Waals surface area contributed by atoms with E-state index in [1.165, 1.54) is 0 Å². The molecule has 0 aromatic heterocycles. The summed E-state index contributed by atoms with van der Waals surface area (Å²) < 4.78 is 10.9. The molecule has 24 heavy (non-hydrogen) atoms. The molecule has 0 fully saturated rings. The molecule has 1 aromatic carbocycles. The fourth-order valence-corrected chi connectivity index (χ4v) is 1.96. The Labute approximate surface area is 163 Å². The summed E-state index contributed by atoms with van der Waals surface area (Å²) in [4.78, 5) is 4.64. The zero-order valence-electron chi connectivity index (χ0n) is 15.3. The fourth-order valence-electron chi connectivity index (χ4n) is 1.96. The third-order valence-electron chi connectivity index (χ3n) is 3.11. The highest BCUT2D eigenvalue weighted by atomic mass is 127. The minimum atomic E-state index is 0. The smallest absolute Gasteiger partial charge is 0.191 e. The van der Waals surface area contributed by atoms with Gasteiger partial charge in [0.25, 0.3) is 0 Å². The maximum Gasteiger partial charge on any atom is 0.191 e. The molecule has 0 heterocycles. The average Bonchev–Trinajstić information content (AvgIpc) is 2.55. The number of guanidine groups is 1. The lowest BCUT2D eigenvalue weighted by Gasteiger charge is -2.14. The lowest BCUT2D eigenvalue weighted by atomic mass is 10.2. The van der Waals surface area contributed by atoms with Crippen LogP contribution < -0.4 is 15.4 Å². The summed E-state index contributed by atoms with van der Waals surface area (Å²) in [6.45, 7) is 10.1. The predicted octanol–water partition coefficient (Wildman–Crippen LogP) is 3.43. The SMILES string of the molecule is CCNC(=NCc1ccccc1OCC(C)C)NCCCOC.I. The summed E-state index contributed by atoms with van der Waals surface area (Å²) >= 11 is 0. The molecular weight excluding hydrogens is 417 g/mol. The molecule has 6 heteroatoms. The van der Waals surface area contributed by atoms with Crippen LogP contribution in [0.2, 0.25) is 0 Å². The van der Waals surface area contributed by atoms with Crippen molar-refractivity contribution in [2.45, 2.75) is 33.7 Å². The molecule has 0 spiro atoms. The number of benzene rings is 1. The van der Waals surface area contributed by atoms with E-state index in [-0.39, 0.29) is 24.0 Å². The highest BCUT2D eigenvalue weighted by molar-refractivity contribution is 14.0. The predicted molar refractivity (Wildman–Crippen MR) is 112 cm³/mol. The molecule has 0 aliphatic carbocycles. The van der Waals surface area contributed by atoms with Gasteiger partial charge in [-0.1, -0.05) is 32.0 Å². The monoisotopic (exact) mass is 449 g/mol. The quantitative estimate of drug-likeness (QED) is 0.249. The van der Waals surface area contributed by atoms with E-state index in [1.807, 2.05) is 18.2 Å². The molecule has 2 N–H and O–H groups in total. The van der Waals surface area contributed by atoms with Gasteiger partial charge in [0.15, 0.2) is 5.96 Å². The van der Waals surface area contributed by atoms with Gasteiger partial charge in [0.2, 0.25) is 0 Å². The first kappa shape index (κ1) is 23.0. The second-order valence-electron chi connectivity index (χ2n) is 5.78. The number of nitrogens with zero attached hydrogens (tertiary/aromatic N) is 1. The number of nitrogens with one attached hydrogen (secondary N) is 2. The topological polar surface area (TPSA) is 54.9 Å². The Bertz CT molecular complexity index is 467. The molecule has 0 radical (unpaired) electrons. The standard InChI is InChI=1S/C18H31N3O2.HI/c1-5-19-18(20-11-8-12-22-4)21-13-16-9-6-7-10-17(16)23-14-15(2)3;/h6-7,9-10,15H,5,8,11-14H2,1-4H3,(H2,19,20,21);1H. The van der Waals surface area contributed by atoms with Crippen molar-refractivity contribution in [1.29, 1.82) is 0 Å². The number of aliphatic imine (C=N–C) groups is 1. The van der Waals surface area contributed by atoms with Crippen LogP contribution in [0.5, 0.6) is 5.75 Å². The Hall–Kier alpha value is -1.02. The van der Waals surface area contributed by atoms with Gasteiger partial charge in [0.05, 0.1) is 13.2 Å². The number of ether oxygens (including phenoxy) is 2. The van der Waals surface area contributed by atoms with Crippen molar-refractivity contribution < 1.29 is 9.47 Å². The first-order valence-electron chi connectivity index (χ1n) is 8.39. The van der Waals surface area contributed by atoms with E-state index in [1.54, 1.807) is 7.11 Å². The van der Waals surface area contributed by atoms with Crippen molar-refractivity contribution in [2.75, 3.05) is 33.4 Å². The van der Waals surface area contributed by atoms with E-state index in [2.05, 4.69) is 42.5 Å². The van der Waals surface area contributed by atoms with Crippen LogP contribution >= 0.6 is 24.0 Å². The molecule has 0 unspecified atom stereocenters. The first-order valence-corrected chi connectivity index (χ1v) is 8.39. The van der Waals surface area contributed by atoms with Crippen LogP contribution in [0.15, 0.2) is 29.3 Å². The van der Waals surface area contributed by atoms with E-state index >= 15 is 0 Å². The Morgan fingerprint density at radius 1 is 1.21 bits per heavy atom. The molecule has 0 aliphatic heterocycles. The highest BCUT2D eigenvalue weighted by Gasteiger charge is 2.04. The van der Waals surface area contributed by atoms with Crippen molar-refractivity contribution in [2.24, 2.45) is 10.9 Å². The zero-order valence-corrected chi connectivity index (χ0v) is 17.6. The van der Waals surface area contributed by atoms with Crippen molar-refractivity contribution in [3.63, 3.8) is 0 Å². The van der Waals surface area contributed by atoms with E-state index in [4.69, 9.17) is 9.47 Å². The van der Waals surface area contributed by atoms with Crippen LogP contribution in [0.3, 0.4) is 0 Å². The third-order valence-corrected chi connectivity index (χ3v) is 3.11. The van der Waals surface area contributed by atoms with E-state index in [9.17, 15) is 0 Å². The van der Waals surface area contributed by atoms with Crippen LogP contribution in [0.1, 0.15) is 32.8 Å². The molecule has 0 atom stereocenters. The van der Waals surface area contributed by atoms with Crippen molar-refractivity contribution in [3.8, 4) is 5.75 Å². The van der Waals surface area contributed by atoms with Gasteiger partial charge in [0, 0.05) is 32.4 Å². The normalized spacial score (nSPS) is 11.1. The Kier molecular flexibility index (Phi) is 13.7. The molecule has 0 bridgehead atoms. The van der Waals surface area contributed by atoms with Gasteiger partial charge in [-0.05, 0) is 25.3 Å². The number of halogens is 1. The maximum atomic E-state index is 5.88. The minimum Gasteiger partial charge on any atom is -0.493 e. The second-order valence-corrected chi connectivity index (χ2v) is 5.78. The summed E-state index contributed by atoms with van der Waals surface area (Å²) in [5.74, 6) is 2.24. The van der Waals surface area contributed by atoms with Crippen molar-refractivity contribution >= 4 is 29.9 Å². The third kappa shape index (κ3) is 9.97. The van der Waals surface area contributed by atoms with Crippen molar-refractivity contribution in [1.82, 2.24) is 10.6 Å². The molecule has 1 rings (SSSR count). The largest absolute Gasteiger partial charge is 0.493 e.